The number of hydrogen-bond donors (Lipinski definition) is 1. The molecule has 19 heavy (non-hydrogen) atoms. The molecule has 2 heterocycles. The van der Waals surface area contributed by atoms with Crippen LogP contribution in [0.2, 0.25) is 0 Å². The summed E-state index contributed by atoms with van der Waals surface area (Å²) in [6.45, 7) is 0. The molecule has 2 N–H and O–H groups in total. The number of methoxy groups -OCH3 is 1. The number of ether oxygens (including phenoxy) is 1. The van der Waals surface area contributed by atoms with E-state index in [9.17, 15) is 0 Å². The molecule has 0 unspecified atom stereocenters. The van der Waals surface area contributed by atoms with E-state index in [-0.39, 0.29) is 0 Å². The third-order valence-corrected chi connectivity index (χ3v) is 4.54. The van der Waals surface area contributed by atoms with Crippen LogP contribution < -0.4 is 10.5 Å². The third-order valence-electron chi connectivity index (χ3n) is 3.66. The number of hydrogen-bond acceptors (Lipinski definition) is 6. The average Bonchev–Trinajstić information content (AvgIpc) is 3.08. The van der Waals surface area contributed by atoms with Gasteiger partial charge in [0.1, 0.15) is 10.6 Å². The van der Waals surface area contributed by atoms with Crippen molar-refractivity contribution in [1.29, 1.82) is 0 Å². The fourth-order valence-electron chi connectivity index (χ4n) is 2.54. The zero-order chi connectivity index (χ0) is 13.3. The maximum absolute atomic E-state index is 6.40. The molecule has 1 aliphatic rings. The number of aromatic nitrogens is 2. The molecule has 0 spiro atoms. The molecule has 1 aliphatic carbocycles. The lowest BCUT2D eigenvalue weighted by atomic mass is 9.82. The zero-order valence-corrected chi connectivity index (χ0v) is 11.7. The molecule has 6 heteroatoms. The van der Waals surface area contributed by atoms with Crippen LogP contribution >= 0.6 is 11.3 Å². The fourth-order valence-corrected chi connectivity index (χ4v) is 3.32. The van der Waals surface area contributed by atoms with Crippen LogP contribution in [0.15, 0.2) is 16.0 Å². The van der Waals surface area contributed by atoms with Gasteiger partial charge in [0.25, 0.3) is 5.89 Å². The summed E-state index contributed by atoms with van der Waals surface area (Å²) in [6.07, 6.45) is 5.34. The van der Waals surface area contributed by atoms with Gasteiger partial charge in [-0.3, -0.25) is 0 Å². The number of thiophene rings is 1. The first-order chi connectivity index (χ1) is 9.23. The smallest absolute Gasteiger partial charge is 0.271 e. The molecular formula is C13H17N3O2S. The predicted octanol–water partition coefficient (Wildman–Crippen LogP) is 2.92. The Morgan fingerprint density at radius 1 is 1.37 bits per heavy atom. The molecule has 2 aromatic heterocycles. The predicted molar refractivity (Wildman–Crippen MR) is 73.1 cm³/mol. The first-order valence-electron chi connectivity index (χ1n) is 6.48. The molecule has 102 valence electrons. The average molecular weight is 279 g/mol. The van der Waals surface area contributed by atoms with Crippen LogP contribution in [0.1, 0.15) is 37.9 Å². The molecule has 0 amide bonds. The van der Waals surface area contributed by atoms with E-state index in [1.807, 2.05) is 11.4 Å². The molecule has 2 aromatic rings. The SMILES string of the molecule is COc1ccsc1-c1nc(C2(N)CCCCC2)no1. The second kappa shape index (κ2) is 4.94. The van der Waals surface area contributed by atoms with E-state index in [0.717, 1.165) is 36.3 Å². The maximum atomic E-state index is 6.40. The molecule has 5 nitrogen and oxygen atoms in total. The van der Waals surface area contributed by atoms with Gasteiger partial charge in [-0.15, -0.1) is 11.3 Å². The van der Waals surface area contributed by atoms with E-state index in [0.29, 0.717) is 11.7 Å². The molecule has 1 fully saturated rings. The Hall–Kier alpha value is -1.40. The van der Waals surface area contributed by atoms with Crippen LogP contribution in [0.25, 0.3) is 10.8 Å². The van der Waals surface area contributed by atoms with Crippen LogP contribution in [-0.2, 0) is 5.54 Å². The van der Waals surface area contributed by atoms with Crippen molar-refractivity contribution in [3.63, 3.8) is 0 Å². The van der Waals surface area contributed by atoms with Crippen molar-refractivity contribution in [2.24, 2.45) is 5.73 Å². The molecule has 0 aliphatic heterocycles. The van der Waals surface area contributed by atoms with Crippen LogP contribution in [0.3, 0.4) is 0 Å². The normalized spacial score (nSPS) is 18.4. The standard InChI is InChI=1S/C13H17N3O2S/c1-17-9-5-8-19-10(9)11-15-12(16-18-11)13(14)6-3-2-4-7-13/h5,8H,2-4,6-7,14H2,1H3. The lowest BCUT2D eigenvalue weighted by molar-refractivity contribution is 0.275. The van der Waals surface area contributed by atoms with Gasteiger partial charge in [-0.2, -0.15) is 4.98 Å². The van der Waals surface area contributed by atoms with Crippen LogP contribution in [0, 0.1) is 0 Å². The third kappa shape index (κ3) is 2.26. The molecule has 0 radical (unpaired) electrons. The topological polar surface area (TPSA) is 74.2 Å². The minimum atomic E-state index is -0.426. The van der Waals surface area contributed by atoms with E-state index < -0.39 is 5.54 Å². The van der Waals surface area contributed by atoms with Gasteiger partial charge in [0, 0.05) is 0 Å². The van der Waals surface area contributed by atoms with Gasteiger partial charge in [-0.1, -0.05) is 24.4 Å². The summed E-state index contributed by atoms with van der Waals surface area (Å²) in [5.41, 5.74) is 5.98. The van der Waals surface area contributed by atoms with Gasteiger partial charge in [0.15, 0.2) is 5.82 Å². The summed E-state index contributed by atoms with van der Waals surface area (Å²) in [5, 5.41) is 6.02. The van der Waals surface area contributed by atoms with Gasteiger partial charge in [-0.25, -0.2) is 0 Å². The summed E-state index contributed by atoms with van der Waals surface area (Å²) in [7, 11) is 1.63. The lowest BCUT2D eigenvalue weighted by Crippen LogP contribution is -2.39. The van der Waals surface area contributed by atoms with Gasteiger partial charge >= 0.3 is 0 Å². The van der Waals surface area contributed by atoms with Crippen molar-refractivity contribution in [3.05, 3.63) is 17.3 Å². The quantitative estimate of drug-likeness (QED) is 0.935. The Kier molecular flexibility index (Phi) is 3.28. The first-order valence-corrected chi connectivity index (χ1v) is 7.36. The Morgan fingerprint density at radius 2 is 2.16 bits per heavy atom. The van der Waals surface area contributed by atoms with Gasteiger partial charge in [-0.05, 0) is 24.3 Å². The van der Waals surface area contributed by atoms with E-state index in [1.165, 1.54) is 17.8 Å². The monoisotopic (exact) mass is 279 g/mol. The highest BCUT2D eigenvalue weighted by molar-refractivity contribution is 7.13. The second-order valence-electron chi connectivity index (χ2n) is 4.96. The largest absolute Gasteiger partial charge is 0.495 e. The van der Waals surface area contributed by atoms with Gasteiger partial charge in [0.05, 0.1) is 12.6 Å². The van der Waals surface area contributed by atoms with Crippen LogP contribution in [0.5, 0.6) is 5.75 Å². The Balaban J connectivity index is 1.91. The Bertz CT molecular complexity index is 558. The number of nitrogens with zero attached hydrogens (tertiary/aromatic N) is 2. The molecule has 0 aromatic carbocycles. The molecule has 0 saturated heterocycles. The molecule has 1 saturated carbocycles. The number of nitrogens with two attached hydrogens (primary N) is 1. The Labute approximate surface area is 115 Å². The van der Waals surface area contributed by atoms with Crippen molar-refractivity contribution < 1.29 is 9.26 Å². The van der Waals surface area contributed by atoms with Gasteiger partial charge < -0.3 is 15.0 Å². The fraction of sp³-hybridized carbons (Fsp3) is 0.538. The lowest BCUT2D eigenvalue weighted by Gasteiger charge is -2.29. The van der Waals surface area contributed by atoms with Crippen molar-refractivity contribution in [3.8, 4) is 16.5 Å². The summed E-state index contributed by atoms with van der Waals surface area (Å²) in [5.74, 6) is 1.88. The first kappa shape index (κ1) is 12.6. The highest BCUT2D eigenvalue weighted by Gasteiger charge is 2.34. The van der Waals surface area contributed by atoms with Crippen molar-refractivity contribution in [2.75, 3.05) is 7.11 Å². The summed E-state index contributed by atoms with van der Waals surface area (Å²) < 4.78 is 10.6. The van der Waals surface area contributed by atoms with E-state index in [4.69, 9.17) is 15.0 Å². The summed E-state index contributed by atoms with van der Waals surface area (Å²) in [4.78, 5) is 5.35. The van der Waals surface area contributed by atoms with Crippen molar-refractivity contribution in [2.45, 2.75) is 37.6 Å². The highest BCUT2D eigenvalue weighted by Crippen LogP contribution is 2.37. The second-order valence-corrected chi connectivity index (χ2v) is 5.87. The molecule has 3 rings (SSSR count). The highest BCUT2D eigenvalue weighted by atomic mass is 32.1. The van der Waals surface area contributed by atoms with Crippen LogP contribution in [-0.4, -0.2) is 17.3 Å². The molecule has 0 atom stereocenters. The molecule has 0 bridgehead atoms. The maximum Gasteiger partial charge on any atom is 0.271 e. The number of rotatable bonds is 3. The van der Waals surface area contributed by atoms with E-state index >= 15 is 0 Å². The van der Waals surface area contributed by atoms with Crippen molar-refractivity contribution >= 4 is 11.3 Å². The minimum absolute atomic E-state index is 0.426. The van der Waals surface area contributed by atoms with Crippen molar-refractivity contribution in [1.82, 2.24) is 10.1 Å². The van der Waals surface area contributed by atoms with E-state index in [2.05, 4.69) is 10.1 Å². The van der Waals surface area contributed by atoms with Crippen LogP contribution in [0.4, 0.5) is 0 Å². The Morgan fingerprint density at radius 3 is 2.89 bits per heavy atom. The summed E-state index contributed by atoms with van der Waals surface area (Å²) in [6, 6.07) is 1.89. The summed E-state index contributed by atoms with van der Waals surface area (Å²) >= 11 is 1.52. The minimum Gasteiger partial charge on any atom is -0.495 e. The molecular weight excluding hydrogens is 262 g/mol. The van der Waals surface area contributed by atoms with Gasteiger partial charge in [0.2, 0.25) is 0 Å². The zero-order valence-electron chi connectivity index (χ0n) is 10.9. The van der Waals surface area contributed by atoms with E-state index in [1.54, 1.807) is 7.11 Å².